The second-order valence-electron chi connectivity index (χ2n) is 10.2. The Morgan fingerprint density at radius 3 is 2.33 bits per heavy atom. The van der Waals surface area contributed by atoms with Crippen LogP contribution in [0.25, 0.3) is 0 Å². The maximum absolute atomic E-state index is 13.4. The molecule has 33 heavy (non-hydrogen) atoms. The molecule has 5 rings (SSSR count). The molecule has 2 aliphatic heterocycles. The molecule has 2 atom stereocenters. The molecule has 2 aromatic rings. The highest BCUT2D eigenvalue weighted by Crippen LogP contribution is 2.40. The first-order valence-corrected chi connectivity index (χ1v) is 13.0. The van der Waals surface area contributed by atoms with Crippen molar-refractivity contribution in [3.8, 4) is 5.75 Å². The number of ether oxygens (including phenoxy) is 1. The first-order chi connectivity index (χ1) is 16.2. The van der Waals surface area contributed by atoms with Gasteiger partial charge < -0.3 is 9.64 Å². The standard InChI is InChI=1S/C29H38N2O2/c1-3-14-30(27-17-22-8-5-6-9-23(22)18-27)20-21-15-25-12-13-26(16-21)31(25)29(32)24-10-7-11-28(19-24)33-4-2/h5-11,19,21,25-27H,3-4,12-18,20H2,1-2H3. The Balaban J connectivity index is 1.24. The topological polar surface area (TPSA) is 32.8 Å². The van der Waals surface area contributed by atoms with Crippen LogP contribution >= 0.6 is 0 Å². The van der Waals surface area contributed by atoms with E-state index in [0.717, 1.165) is 37.0 Å². The van der Waals surface area contributed by atoms with E-state index in [4.69, 9.17) is 4.74 Å². The second-order valence-corrected chi connectivity index (χ2v) is 10.2. The van der Waals surface area contributed by atoms with E-state index in [0.29, 0.717) is 30.7 Å². The molecule has 0 spiro atoms. The molecule has 176 valence electrons. The predicted molar refractivity (Wildman–Crippen MR) is 133 cm³/mol. The molecule has 1 aliphatic carbocycles. The Hall–Kier alpha value is -2.33. The minimum atomic E-state index is 0.194. The Morgan fingerprint density at radius 2 is 1.70 bits per heavy atom. The molecule has 0 saturated carbocycles. The van der Waals surface area contributed by atoms with Crippen LogP contribution in [-0.4, -0.2) is 53.5 Å². The summed E-state index contributed by atoms with van der Waals surface area (Å²) in [5, 5.41) is 0. The highest BCUT2D eigenvalue weighted by atomic mass is 16.5. The fraction of sp³-hybridized carbons (Fsp3) is 0.552. The van der Waals surface area contributed by atoms with Crippen LogP contribution in [0, 0.1) is 5.92 Å². The van der Waals surface area contributed by atoms with Gasteiger partial charge in [-0.05, 0) is 93.7 Å². The molecule has 2 heterocycles. The highest BCUT2D eigenvalue weighted by Gasteiger charge is 2.44. The Morgan fingerprint density at radius 1 is 1.00 bits per heavy atom. The van der Waals surface area contributed by atoms with E-state index in [1.165, 1.54) is 32.4 Å². The summed E-state index contributed by atoms with van der Waals surface area (Å²) in [6.07, 6.45) is 8.18. The van der Waals surface area contributed by atoms with Crippen molar-refractivity contribution in [3.05, 3.63) is 65.2 Å². The van der Waals surface area contributed by atoms with Gasteiger partial charge in [0.1, 0.15) is 5.75 Å². The van der Waals surface area contributed by atoms with Crippen molar-refractivity contribution in [1.82, 2.24) is 9.80 Å². The van der Waals surface area contributed by atoms with Crippen molar-refractivity contribution in [2.24, 2.45) is 5.92 Å². The SMILES string of the molecule is CCCN(CC1CC2CCC(C1)N2C(=O)c1cccc(OCC)c1)C1Cc2ccccc2C1. The molecular formula is C29H38N2O2. The normalized spacial score (nSPS) is 24.3. The average molecular weight is 447 g/mol. The zero-order valence-corrected chi connectivity index (χ0v) is 20.2. The molecule has 2 fully saturated rings. The van der Waals surface area contributed by atoms with Gasteiger partial charge in [0.25, 0.3) is 5.91 Å². The zero-order chi connectivity index (χ0) is 22.8. The van der Waals surface area contributed by atoms with Gasteiger partial charge in [-0.15, -0.1) is 0 Å². The van der Waals surface area contributed by atoms with Crippen LogP contribution in [0.3, 0.4) is 0 Å². The zero-order valence-electron chi connectivity index (χ0n) is 20.2. The number of hydrogen-bond acceptors (Lipinski definition) is 3. The number of amides is 1. The lowest BCUT2D eigenvalue weighted by Gasteiger charge is -2.41. The number of carbonyl (C=O) groups excluding carboxylic acids is 1. The van der Waals surface area contributed by atoms with Crippen molar-refractivity contribution < 1.29 is 9.53 Å². The third kappa shape index (κ3) is 4.68. The molecule has 4 heteroatoms. The molecule has 1 amide bonds. The first kappa shape index (κ1) is 22.5. The lowest BCUT2D eigenvalue weighted by Crippen LogP contribution is -2.49. The van der Waals surface area contributed by atoms with Crippen LogP contribution in [0.2, 0.25) is 0 Å². The van der Waals surface area contributed by atoms with Crippen molar-refractivity contribution in [2.45, 2.75) is 76.9 Å². The molecule has 2 bridgehead atoms. The summed E-state index contributed by atoms with van der Waals surface area (Å²) in [5.74, 6) is 1.68. The Bertz CT molecular complexity index is 935. The molecule has 0 aromatic heterocycles. The van der Waals surface area contributed by atoms with E-state index in [9.17, 15) is 4.79 Å². The van der Waals surface area contributed by atoms with Gasteiger partial charge in [0.2, 0.25) is 0 Å². The second kappa shape index (κ2) is 9.89. The van der Waals surface area contributed by atoms with E-state index in [1.54, 1.807) is 11.1 Å². The third-order valence-electron chi connectivity index (χ3n) is 8.01. The van der Waals surface area contributed by atoms with E-state index in [-0.39, 0.29) is 5.91 Å². The maximum atomic E-state index is 13.4. The molecule has 0 N–H and O–H groups in total. The van der Waals surface area contributed by atoms with Gasteiger partial charge >= 0.3 is 0 Å². The number of benzene rings is 2. The lowest BCUT2D eigenvalue weighted by atomic mass is 9.89. The highest BCUT2D eigenvalue weighted by molar-refractivity contribution is 5.95. The van der Waals surface area contributed by atoms with E-state index in [1.807, 2.05) is 31.2 Å². The fourth-order valence-electron chi connectivity index (χ4n) is 6.64. The average Bonchev–Trinajstić information content (AvgIpc) is 3.37. The van der Waals surface area contributed by atoms with Crippen LogP contribution in [-0.2, 0) is 12.8 Å². The smallest absolute Gasteiger partial charge is 0.254 e. The van der Waals surface area contributed by atoms with Crippen LogP contribution in [0.4, 0.5) is 0 Å². The maximum Gasteiger partial charge on any atom is 0.254 e. The number of hydrogen-bond donors (Lipinski definition) is 0. The van der Waals surface area contributed by atoms with Gasteiger partial charge in [0.05, 0.1) is 6.61 Å². The van der Waals surface area contributed by atoms with E-state index in [2.05, 4.69) is 41.0 Å². The van der Waals surface area contributed by atoms with Gasteiger partial charge in [-0.1, -0.05) is 37.3 Å². The number of rotatable bonds is 8. The minimum absolute atomic E-state index is 0.194. The largest absolute Gasteiger partial charge is 0.494 e. The summed E-state index contributed by atoms with van der Waals surface area (Å²) in [6.45, 7) is 7.26. The molecule has 4 nitrogen and oxygen atoms in total. The summed E-state index contributed by atoms with van der Waals surface area (Å²) < 4.78 is 5.63. The van der Waals surface area contributed by atoms with Crippen LogP contribution in [0.15, 0.2) is 48.5 Å². The van der Waals surface area contributed by atoms with Gasteiger partial charge in [-0.25, -0.2) is 0 Å². The van der Waals surface area contributed by atoms with E-state index < -0.39 is 0 Å². The van der Waals surface area contributed by atoms with Gasteiger partial charge in [-0.2, -0.15) is 0 Å². The van der Waals surface area contributed by atoms with Crippen LogP contribution in [0.5, 0.6) is 5.75 Å². The van der Waals surface area contributed by atoms with Gasteiger partial charge in [0.15, 0.2) is 0 Å². The third-order valence-corrected chi connectivity index (χ3v) is 8.01. The molecular weight excluding hydrogens is 408 g/mol. The number of carbonyl (C=O) groups is 1. The molecule has 0 radical (unpaired) electrons. The predicted octanol–water partition coefficient (Wildman–Crippen LogP) is 5.35. The first-order valence-electron chi connectivity index (χ1n) is 13.0. The van der Waals surface area contributed by atoms with Crippen molar-refractivity contribution in [2.75, 3.05) is 19.7 Å². The van der Waals surface area contributed by atoms with Crippen LogP contribution < -0.4 is 4.74 Å². The quantitative estimate of drug-likeness (QED) is 0.548. The van der Waals surface area contributed by atoms with Crippen molar-refractivity contribution in [1.29, 1.82) is 0 Å². The number of fused-ring (bicyclic) bond motifs is 3. The summed E-state index contributed by atoms with van der Waals surface area (Å²) in [5.41, 5.74) is 3.85. The molecule has 2 unspecified atom stereocenters. The Kier molecular flexibility index (Phi) is 6.73. The van der Waals surface area contributed by atoms with E-state index >= 15 is 0 Å². The lowest BCUT2D eigenvalue weighted by molar-refractivity contribution is 0.0455. The molecule has 2 saturated heterocycles. The monoisotopic (exact) mass is 446 g/mol. The number of nitrogens with zero attached hydrogens (tertiary/aromatic N) is 2. The summed E-state index contributed by atoms with van der Waals surface area (Å²) in [4.78, 5) is 18.4. The summed E-state index contributed by atoms with van der Waals surface area (Å²) in [7, 11) is 0. The van der Waals surface area contributed by atoms with Gasteiger partial charge in [0, 0.05) is 30.2 Å². The molecule has 2 aromatic carbocycles. The van der Waals surface area contributed by atoms with Crippen LogP contribution in [0.1, 0.15) is 67.4 Å². The molecule has 3 aliphatic rings. The van der Waals surface area contributed by atoms with Crippen molar-refractivity contribution >= 4 is 5.91 Å². The van der Waals surface area contributed by atoms with Gasteiger partial charge in [-0.3, -0.25) is 9.69 Å². The summed E-state index contributed by atoms with van der Waals surface area (Å²) in [6, 6.07) is 18.1. The van der Waals surface area contributed by atoms with Crippen molar-refractivity contribution in [3.63, 3.8) is 0 Å². The fourth-order valence-corrected chi connectivity index (χ4v) is 6.64. The Labute approximate surface area is 198 Å². The number of piperidine rings is 1. The summed E-state index contributed by atoms with van der Waals surface area (Å²) >= 11 is 0. The minimum Gasteiger partial charge on any atom is -0.494 e.